The third-order valence-electron chi connectivity index (χ3n) is 2.85. The zero-order valence-corrected chi connectivity index (χ0v) is 12.9. The summed E-state index contributed by atoms with van der Waals surface area (Å²) in [7, 11) is 0. The lowest BCUT2D eigenvalue weighted by Crippen LogP contribution is -2.21. The van der Waals surface area contributed by atoms with Crippen molar-refractivity contribution < 1.29 is 9.59 Å². The number of hydrogen-bond donors (Lipinski definition) is 2. The van der Waals surface area contributed by atoms with Crippen LogP contribution >= 0.6 is 0 Å². The van der Waals surface area contributed by atoms with Crippen molar-refractivity contribution in [3.05, 3.63) is 29.8 Å². The first-order valence-electron chi connectivity index (χ1n) is 7.19. The molecule has 114 valence electrons. The highest BCUT2D eigenvalue weighted by Gasteiger charge is 2.05. The zero-order valence-electron chi connectivity index (χ0n) is 12.9. The minimum Gasteiger partial charge on any atom is -0.326 e. The fraction of sp³-hybridized carbons (Fsp3) is 0.438. The number of anilines is 1. The Morgan fingerprint density at radius 3 is 2.67 bits per heavy atom. The predicted molar refractivity (Wildman–Crippen MR) is 85.2 cm³/mol. The van der Waals surface area contributed by atoms with Gasteiger partial charge in [-0.2, -0.15) is 5.10 Å². The molecule has 21 heavy (non-hydrogen) atoms. The molecule has 0 spiro atoms. The van der Waals surface area contributed by atoms with E-state index in [1.165, 1.54) is 0 Å². The molecule has 0 fully saturated rings. The molecule has 5 heteroatoms. The van der Waals surface area contributed by atoms with Gasteiger partial charge in [0.2, 0.25) is 11.8 Å². The van der Waals surface area contributed by atoms with Crippen LogP contribution in [0, 0.1) is 6.92 Å². The number of amides is 2. The summed E-state index contributed by atoms with van der Waals surface area (Å²) in [4.78, 5) is 23.2. The normalized spacial score (nSPS) is 11.1. The third kappa shape index (κ3) is 7.25. The maximum absolute atomic E-state index is 11.8. The molecule has 0 bridgehead atoms. The van der Waals surface area contributed by atoms with E-state index in [0.717, 1.165) is 24.1 Å². The standard InChI is InChI=1S/C16H23N3O2/c1-4-5-9-15(20)19-18-13(3)11-16(21)17-14-8-6-7-12(2)10-14/h6-8,10H,4-5,9,11H2,1-3H3,(H,17,21)(H,19,20)/b18-13+. The smallest absolute Gasteiger partial charge is 0.240 e. The van der Waals surface area contributed by atoms with Crippen molar-refractivity contribution in [1.82, 2.24) is 5.43 Å². The van der Waals surface area contributed by atoms with Gasteiger partial charge in [-0.1, -0.05) is 25.5 Å². The lowest BCUT2D eigenvalue weighted by atomic mass is 10.2. The summed E-state index contributed by atoms with van der Waals surface area (Å²) in [5.41, 5.74) is 4.89. The number of nitrogens with one attached hydrogen (secondary N) is 2. The number of carbonyl (C=O) groups excluding carboxylic acids is 2. The second kappa shape index (κ2) is 8.89. The van der Waals surface area contributed by atoms with Gasteiger partial charge in [0, 0.05) is 17.8 Å². The van der Waals surface area contributed by atoms with Crippen LogP contribution in [-0.2, 0) is 9.59 Å². The van der Waals surface area contributed by atoms with E-state index in [-0.39, 0.29) is 18.2 Å². The molecule has 0 aliphatic rings. The van der Waals surface area contributed by atoms with Gasteiger partial charge in [0.1, 0.15) is 0 Å². The summed E-state index contributed by atoms with van der Waals surface area (Å²) in [6, 6.07) is 7.59. The van der Waals surface area contributed by atoms with Crippen LogP contribution in [0.5, 0.6) is 0 Å². The monoisotopic (exact) mass is 289 g/mol. The van der Waals surface area contributed by atoms with Crippen LogP contribution in [0.1, 0.15) is 45.1 Å². The predicted octanol–water partition coefficient (Wildman–Crippen LogP) is 3.01. The van der Waals surface area contributed by atoms with E-state index >= 15 is 0 Å². The molecule has 0 radical (unpaired) electrons. The maximum atomic E-state index is 11.8. The Morgan fingerprint density at radius 1 is 1.24 bits per heavy atom. The van der Waals surface area contributed by atoms with Crippen LogP contribution in [0.25, 0.3) is 0 Å². The highest BCUT2D eigenvalue weighted by molar-refractivity contribution is 6.05. The molecule has 0 aliphatic carbocycles. The van der Waals surface area contributed by atoms with E-state index in [4.69, 9.17) is 0 Å². The van der Waals surface area contributed by atoms with E-state index in [1.807, 2.05) is 38.1 Å². The van der Waals surface area contributed by atoms with Crippen molar-refractivity contribution in [2.75, 3.05) is 5.32 Å². The largest absolute Gasteiger partial charge is 0.326 e. The average molecular weight is 289 g/mol. The first-order valence-corrected chi connectivity index (χ1v) is 7.19. The van der Waals surface area contributed by atoms with E-state index in [9.17, 15) is 9.59 Å². The van der Waals surface area contributed by atoms with Gasteiger partial charge in [-0.3, -0.25) is 9.59 Å². The number of carbonyl (C=O) groups is 2. The van der Waals surface area contributed by atoms with Gasteiger partial charge >= 0.3 is 0 Å². The van der Waals surface area contributed by atoms with E-state index < -0.39 is 0 Å². The lowest BCUT2D eigenvalue weighted by molar-refractivity contribution is -0.121. The van der Waals surface area contributed by atoms with Crippen molar-refractivity contribution in [3.63, 3.8) is 0 Å². The van der Waals surface area contributed by atoms with Crippen LogP contribution in [-0.4, -0.2) is 17.5 Å². The number of aryl methyl sites for hydroxylation is 1. The van der Waals surface area contributed by atoms with Gasteiger partial charge < -0.3 is 5.32 Å². The Hall–Kier alpha value is -2.17. The number of hydrazone groups is 1. The summed E-state index contributed by atoms with van der Waals surface area (Å²) < 4.78 is 0. The average Bonchev–Trinajstić information content (AvgIpc) is 2.42. The zero-order chi connectivity index (χ0) is 15.7. The van der Waals surface area contributed by atoms with Crippen LogP contribution in [0.15, 0.2) is 29.4 Å². The van der Waals surface area contributed by atoms with Crippen molar-refractivity contribution in [3.8, 4) is 0 Å². The second-order valence-electron chi connectivity index (χ2n) is 5.08. The van der Waals surface area contributed by atoms with Crippen LogP contribution in [0.2, 0.25) is 0 Å². The van der Waals surface area contributed by atoms with Gasteiger partial charge in [0.25, 0.3) is 0 Å². The fourth-order valence-electron chi connectivity index (χ4n) is 1.75. The minimum absolute atomic E-state index is 0.115. The van der Waals surface area contributed by atoms with Gasteiger partial charge in [-0.15, -0.1) is 0 Å². The van der Waals surface area contributed by atoms with Crippen molar-refractivity contribution in [2.24, 2.45) is 5.10 Å². The van der Waals surface area contributed by atoms with Gasteiger partial charge in [0.15, 0.2) is 0 Å². The minimum atomic E-state index is -0.148. The molecule has 0 saturated carbocycles. The molecule has 1 aromatic carbocycles. The summed E-state index contributed by atoms with van der Waals surface area (Å²) in [6.45, 7) is 5.71. The Morgan fingerprint density at radius 2 is 2.00 bits per heavy atom. The Balaban J connectivity index is 2.41. The summed E-state index contributed by atoms with van der Waals surface area (Å²) in [5, 5.41) is 6.74. The fourth-order valence-corrected chi connectivity index (χ4v) is 1.75. The molecule has 2 N–H and O–H groups in total. The first-order chi connectivity index (χ1) is 10.0. The molecule has 2 amide bonds. The van der Waals surface area contributed by atoms with E-state index in [2.05, 4.69) is 15.8 Å². The Kier molecular flexibility index (Phi) is 7.15. The molecule has 0 heterocycles. The van der Waals surface area contributed by atoms with Crippen molar-refractivity contribution in [2.45, 2.75) is 46.5 Å². The second-order valence-corrected chi connectivity index (χ2v) is 5.08. The van der Waals surface area contributed by atoms with Crippen LogP contribution in [0.4, 0.5) is 5.69 Å². The molecule has 0 saturated heterocycles. The number of rotatable bonds is 7. The SMILES string of the molecule is CCCCC(=O)N/N=C(\C)CC(=O)Nc1cccc(C)c1. The molecule has 1 aromatic rings. The van der Waals surface area contributed by atoms with E-state index in [0.29, 0.717) is 12.1 Å². The molecule has 0 unspecified atom stereocenters. The third-order valence-corrected chi connectivity index (χ3v) is 2.85. The molecular formula is C16H23N3O2. The summed E-state index contributed by atoms with van der Waals surface area (Å²) in [5.74, 6) is -0.264. The quantitative estimate of drug-likeness (QED) is 0.598. The van der Waals surface area contributed by atoms with Gasteiger partial charge in [0.05, 0.1) is 6.42 Å². The van der Waals surface area contributed by atoms with Gasteiger partial charge in [-0.25, -0.2) is 5.43 Å². The molecule has 5 nitrogen and oxygen atoms in total. The number of nitrogens with zero attached hydrogens (tertiary/aromatic N) is 1. The van der Waals surface area contributed by atoms with Crippen LogP contribution in [0.3, 0.4) is 0 Å². The highest BCUT2D eigenvalue weighted by atomic mass is 16.2. The summed E-state index contributed by atoms with van der Waals surface area (Å²) in [6.07, 6.45) is 2.42. The van der Waals surface area contributed by atoms with E-state index in [1.54, 1.807) is 6.92 Å². The summed E-state index contributed by atoms with van der Waals surface area (Å²) >= 11 is 0. The van der Waals surface area contributed by atoms with Crippen LogP contribution < -0.4 is 10.7 Å². The Labute approximate surface area is 125 Å². The first kappa shape index (κ1) is 16.9. The molecule has 1 rings (SSSR count). The molecule has 0 atom stereocenters. The highest BCUT2D eigenvalue weighted by Crippen LogP contribution is 2.09. The van der Waals surface area contributed by atoms with Crippen molar-refractivity contribution in [1.29, 1.82) is 0 Å². The van der Waals surface area contributed by atoms with Gasteiger partial charge in [-0.05, 0) is 38.0 Å². The lowest BCUT2D eigenvalue weighted by Gasteiger charge is -2.06. The Bertz CT molecular complexity index is 524. The number of hydrogen-bond acceptors (Lipinski definition) is 3. The number of benzene rings is 1. The molecular weight excluding hydrogens is 266 g/mol. The topological polar surface area (TPSA) is 70.6 Å². The van der Waals surface area contributed by atoms with Crippen molar-refractivity contribution >= 4 is 23.2 Å². The number of unbranched alkanes of at least 4 members (excludes halogenated alkanes) is 1. The molecule has 0 aliphatic heterocycles. The molecule has 0 aromatic heterocycles. The maximum Gasteiger partial charge on any atom is 0.240 e.